The molecule has 1 N–H and O–H groups in total. The van der Waals surface area contributed by atoms with Gasteiger partial charge in [-0.25, -0.2) is 5.01 Å². The number of carbonyl (C=O) groups excluding carboxylic acids is 1. The number of alkyl halides is 3. The number of para-hydroxylation sites is 1. The third-order valence-corrected chi connectivity index (χ3v) is 4.00. The van der Waals surface area contributed by atoms with Crippen LogP contribution >= 0.6 is 0 Å². The van der Waals surface area contributed by atoms with Gasteiger partial charge in [0.2, 0.25) is 0 Å². The zero-order valence-electron chi connectivity index (χ0n) is 15.2. The number of nitrogens with one attached hydrogen (secondary N) is 1. The van der Waals surface area contributed by atoms with Crippen LogP contribution in [0, 0.1) is 0 Å². The van der Waals surface area contributed by atoms with E-state index in [1.807, 2.05) is 18.2 Å². The summed E-state index contributed by atoms with van der Waals surface area (Å²) in [5.41, 5.74) is 1.12. The van der Waals surface area contributed by atoms with Gasteiger partial charge >= 0.3 is 12.2 Å². The predicted octanol–water partition coefficient (Wildman–Crippen LogP) is 2.11. The Balaban J connectivity index is 1.58. The van der Waals surface area contributed by atoms with Gasteiger partial charge in [0.25, 0.3) is 5.91 Å². The number of nitrogens with zero attached hydrogens (tertiary/aromatic N) is 6. The Labute approximate surface area is 167 Å². The van der Waals surface area contributed by atoms with E-state index in [-0.39, 0.29) is 18.4 Å². The number of amidine groups is 1. The average molecular weight is 417 g/mol. The van der Waals surface area contributed by atoms with Crippen molar-refractivity contribution in [3.63, 3.8) is 0 Å². The summed E-state index contributed by atoms with van der Waals surface area (Å²) in [6.07, 6.45) is -4.55. The molecule has 0 unspecified atom stereocenters. The Bertz CT molecular complexity index is 1080. The zero-order valence-corrected chi connectivity index (χ0v) is 15.2. The van der Waals surface area contributed by atoms with E-state index in [1.165, 1.54) is 4.68 Å². The first kappa shape index (κ1) is 19.4. The predicted molar refractivity (Wildman–Crippen MR) is 98.0 cm³/mol. The van der Waals surface area contributed by atoms with Crippen LogP contribution in [0.1, 0.15) is 5.56 Å². The number of hydrogen-bond donors (Lipinski definition) is 1. The number of amides is 1. The first-order chi connectivity index (χ1) is 14.4. The first-order valence-electron chi connectivity index (χ1n) is 8.71. The van der Waals surface area contributed by atoms with Gasteiger partial charge in [-0.3, -0.25) is 4.79 Å². The van der Waals surface area contributed by atoms with E-state index >= 15 is 0 Å². The van der Waals surface area contributed by atoms with Gasteiger partial charge < -0.3 is 10.1 Å². The van der Waals surface area contributed by atoms with Crippen molar-refractivity contribution in [2.24, 2.45) is 5.10 Å². The summed E-state index contributed by atoms with van der Waals surface area (Å²) in [6.45, 7) is -1.76. The lowest BCUT2D eigenvalue weighted by Gasteiger charge is -2.25. The monoisotopic (exact) mass is 417 g/mol. The number of benzene rings is 2. The van der Waals surface area contributed by atoms with Crippen LogP contribution in [0.4, 0.5) is 13.2 Å². The topological polar surface area (TPSA) is 97.5 Å². The number of aromatic nitrogens is 4. The Morgan fingerprint density at radius 2 is 1.90 bits per heavy atom. The summed E-state index contributed by atoms with van der Waals surface area (Å²) >= 11 is 0. The highest BCUT2D eigenvalue weighted by Crippen LogP contribution is 2.23. The third kappa shape index (κ3) is 4.37. The number of ether oxygens (including phenoxy) is 1. The normalized spacial score (nSPS) is 14.3. The SMILES string of the molecule is O=C1CNC(c2cccc(Oc3nnnn3-c3ccccc3)c2)=NN1CC(F)(F)F. The number of hydrogen-bond acceptors (Lipinski definition) is 7. The highest BCUT2D eigenvalue weighted by atomic mass is 19.4. The Morgan fingerprint density at radius 1 is 1.10 bits per heavy atom. The minimum atomic E-state index is -4.55. The van der Waals surface area contributed by atoms with Crippen LogP contribution in [0.3, 0.4) is 0 Å². The molecule has 2 aromatic carbocycles. The molecule has 0 fully saturated rings. The van der Waals surface area contributed by atoms with Gasteiger partial charge in [0.1, 0.15) is 12.3 Å². The van der Waals surface area contributed by atoms with Gasteiger partial charge in [0.15, 0.2) is 5.84 Å². The standard InChI is InChI=1S/C18H14F3N7O2/c19-18(20,21)11-27-15(29)10-22-16(24-27)12-5-4-8-14(9-12)30-17-23-25-26-28(17)13-6-2-1-3-7-13/h1-9H,10-11H2,(H,22,24). The minimum Gasteiger partial charge on any atom is -0.423 e. The highest BCUT2D eigenvalue weighted by molar-refractivity contribution is 6.03. The molecule has 1 amide bonds. The number of hydrazone groups is 1. The van der Waals surface area contributed by atoms with Gasteiger partial charge in [-0.1, -0.05) is 35.4 Å². The van der Waals surface area contributed by atoms with Gasteiger partial charge in [-0.05, 0) is 34.7 Å². The van der Waals surface area contributed by atoms with Gasteiger partial charge in [-0.2, -0.15) is 23.0 Å². The fraction of sp³-hybridized carbons (Fsp3) is 0.167. The summed E-state index contributed by atoms with van der Waals surface area (Å²) in [4.78, 5) is 11.7. The smallest absolute Gasteiger partial charge is 0.408 e. The molecule has 9 nitrogen and oxygen atoms in total. The molecular formula is C18H14F3N7O2. The Kier molecular flexibility index (Phi) is 5.04. The summed E-state index contributed by atoms with van der Waals surface area (Å²) in [6, 6.07) is 15.6. The summed E-state index contributed by atoms with van der Waals surface area (Å²) in [5, 5.41) is 18.3. The molecule has 1 aliphatic rings. The summed E-state index contributed by atoms with van der Waals surface area (Å²) < 4.78 is 45.2. The quantitative estimate of drug-likeness (QED) is 0.683. The van der Waals surface area contributed by atoms with E-state index < -0.39 is 18.6 Å². The molecule has 0 spiro atoms. The Hall–Kier alpha value is -3.96. The van der Waals surface area contributed by atoms with Crippen LogP contribution in [-0.2, 0) is 4.79 Å². The molecular weight excluding hydrogens is 403 g/mol. The second-order valence-corrected chi connectivity index (χ2v) is 6.21. The van der Waals surface area contributed by atoms with Crippen molar-refractivity contribution in [1.82, 2.24) is 30.5 Å². The van der Waals surface area contributed by atoms with Crippen molar-refractivity contribution in [3.8, 4) is 17.4 Å². The van der Waals surface area contributed by atoms with E-state index in [0.29, 0.717) is 22.0 Å². The molecule has 0 saturated heterocycles. The molecule has 12 heteroatoms. The highest BCUT2D eigenvalue weighted by Gasteiger charge is 2.35. The van der Waals surface area contributed by atoms with Crippen molar-refractivity contribution in [3.05, 3.63) is 60.2 Å². The molecule has 30 heavy (non-hydrogen) atoms. The van der Waals surface area contributed by atoms with Gasteiger partial charge in [0.05, 0.1) is 12.2 Å². The van der Waals surface area contributed by atoms with Crippen LogP contribution in [0.2, 0.25) is 0 Å². The van der Waals surface area contributed by atoms with Crippen molar-refractivity contribution in [2.45, 2.75) is 6.18 Å². The first-order valence-corrected chi connectivity index (χ1v) is 8.71. The van der Waals surface area contributed by atoms with Crippen molar-refractivity contribution >= 4 is 11.7 Å². The molecule has 0 atom stereocenters. The molecule has 0 radical (unpaired) electrons. The molecule has 0 saturated carbocycles. The van der Waals surface area contributed by atoms with E-state index in [9.17, 15) is 18.0 Å². The Morgan fingerprint density at radius 3 is 2.67 bits per heavy atom. The lowest BCUT2D eigenvalue weighted by molar-refractivity contribution is -0.161. The van der Waals surface area contributed by atoms with Crippen LogP contribution in [-0.4, -0.2) is 56.2 Å². The molecule has 3 aromatic rings. The molecule has 0 aliphatic carbocycles. The lowest BCUT2D eigenvalue weighted by Crippen LogP contribution is -2.47. The maximum absolute atomic E-state index is 12.7. The molecule has 2 heterocycles. The molecule has 1 aromatic heterocycles. The van der Waals surface area contributed by atoms with E-state index in [2.05, 4.69) is 25.9 Å². The zero-order chi connectivity index (χ0) is 21.1. The van der Waals surface area contributed by atoms with Crippen LogP contribution in [0.15, 0.2) is 59.7 Å². The number of halogens is 3. The van der Waals surface area contributed by atoms with E-state index in [4.69, 9.17) is 4.74 Å². The average Bonchev–Trinajstić information content (AvgIpc) is 3.17. The van der Waals surface area contributed by atoms with E-state index in [1.54, 1.807) is 36.4 Å². The summed E-state index contributed by atoms with van der Waals surface area (Å²) in [5.74, 6) is -0.319. The van der Waals surface area contributed by atoms with E-state index in [0.717, 1.165) is 0 Å². The van der Waals surface area contributed by atoms with Crippen molar-refractivity contribution < 1.29 is 22.7 Å². The van der Waals surface area contributed by atoms with Crippen molar-refractivity contribution in [1.29, 1.82) is 0 Å². The van der Waals surface area contributed by atoms with Gasteiger partial charge in [-0.15, -0.1) is 0 Å². The third-order valence-electron chi connectivity index (χ3n) is 4.00. The fourth-order valence-corrected chi connectivity index (χ4v) is 2.70. The fourth-order valence-electron chi connectivity index (χ4n) is 2.70. The van der Waals surface area contributed by atoms with Crippen LogP contribution < -0.4 is 10.1 Å². The number of rotatable bonds is 5. The second kappa shape index (κ2) is 7.81. The molecule has 154 valence electrons. The molecule has 0 bridgehead atoms. The number of carbonyl (C=O) groups is 1. The van der Waals surface area contributed by atoms with Crippen molar-refractivity contribution in [2.75, 3.05) is 13.1 Å². The largest absolute Gasteiger partial charge is 0.423 e. The number of tetrazole rings is 1. The second-order valence-electron chi connectivity index (χ2n) is 6.21. The maximum atomic E-state index is 12.7. The summed E-state index contributed by atoms with van der Waals surface area (Å²) in [7, 11) is 0. The van der Waals surface area contributed by atoms with Gasteiger partial charge in [0, 0.05) is 5.56 Å². The molecule has 4 rings (SSSR count). The maximum Gasteiger partial charge on any atom is 0.408 e. The minimum absolute atomic E-state index is 0.103. The molecule has 1 aliphatic heterocycles. The van der Waals surface area contributed by atoms with Crippen LogP contribution in [0.5, 0.6) is 11.8 Å². The lowest BCUT2D eigenvalue weighted by atomic mass is 10.2. The van der Waals surface area contributed by atoms with Crippen LogP contribution in [0.25, 0.3) is 5.69 Å².